The van der Waals surface area contributed by atoms with Gasteiger partial charge < -0.3 is 10.3 Å². The zero-order valence-corrected chi connectivity index (χ0v) is 10.6. The molecule has 0 bridgehead atoms. The van der Waals surface area contributed by atoms with Crippen LogP contribution in [0.4, 0.5) is 11.5 Å². The zero-order valence-electron chi connectivity index (χ0n) is 10.6. The van der Waals surface area contributed by atoms with E-state index in [1.165, 1.54) is 0 Å². The number of amides is 1. The van der Waals surface area contributed by atoms with Crippen molar-refractivity contribution in [3.63, 3.8) is 0 Å². The number of anilines is 2. The minimum Gasteiger partial charge on any atom is -0.307 e. The number of nitrogens with zero attached hydrogens (tertiary/aromatic N) is 3. The number of benzene rings is 1. The third-order valence-electron chi connectivity index (χ3n) is 2.66. The van der Waals surface area contributed by atoms with E-state index in [0.717, 1.165) is 5.69 Å². The van der Waals surface area contributed by atoms with Crippen molar-refractivity contribution in [2.45, 2.75) is 6.92 Å². The third kappa shape index (κ3) is 2.86. The summed E-state index contributed by atoms with van der Waals surface area (Å²) in [4.78, 5) is 14.0. The molecule has 0 saturated heterocycles. The van der Waals surface area contributed by atoms with Gasteiger partial charge in [0.2, 0.25) is 0 Å². The molecular formula is C13H15N5O. The Morgan fingerprint density at radius 1 is 1.21 bits per heavy atom. The van der Waals surface area contributed by atoms with Gasteiger partial charge in [0.25, 0.3) is 5.91 Å². The van der Waals surface area contributed by atoms with Crippen molar-refractivity contribution in [2.75, 3.05) is 16.9 Å². The first-order valence-electron chi connectivity index (χ1n) is 5.93. The Kier molecular flexibility index (Phi) is 4.04. The van der Waals surface area contributed by atoms with Gasteiger partial charge in [-0.05, 0) is 31.2 Å². The average molecular weight is 257 g/mol. The first-order valence-corrected chi connectivity index (χ1v) is 5.93. The molecular weight excluding hydrogens is 242 g/mol. The van der Waals surface area contributed by atoms with Crippen molar-refractivity contribution in [1.29, 1.82) is 0 Å². The van der Waals surface area contributed by atoms with Crippen molar-refractivity contribution in [1.82, 2.24) is 10.2 Å². The molecule has 1 amide bonds. The van der Waals surface area contributed by atoms with Crippen LogP contribution in [0.15, 0.2) is 42.5 Å². The highest BCUT2D eigenvalue weighted by atomic mass is 16.2. The predicted octanol–water partition coefficient (Wildman–Crippen LogP) is 1.43. The second-order valence-corrected chi connectivity index (χ2v) is 3.83. The lowest BCUT2D eigenvalue weighted by molar-refractivity contribution is 0.0982. The number of hydrazine groups is 1. The minimum absolute atomic E-state index is 0.190. The van der Waals surface area contributed by atoms with E-state index in [-0.39, 0.29) is 11.6 Å². The molecule has 6 nitrogen and oxygen atoms in total. The zero-order chi connectivity index (χ0) is 13.7. The van der Waals surface area contributed by atoms with E-state index in [1.54, 1.807) is 17.0 Å². The van der Waals surface area contributed by atoms with E-state index in [4.69, 9.17) is 5.84 Å². The molecule has 19 heavy (non-hydrogen) atoms. The lowest BCUT2D eigenvalue weighted by Gasteiger charge is -2.20. The van der Waals surface area contributed by atoms with Gasteiger partial charge in [0.15, 0.2) is 11.5 Å². The molecule has 0 radical (unpaired) electrons. The summed E-state index contributed by atoms with van der Waals surface area (Å²) in [6.07, 6.45) is 0. The highest BCUT2D eigenvalue weighted by molar-refractivity contribution is 6.04. The summed E-state index contributed by atoms with van der Waals surface area (Å²) in [6, 6.07) is 12.6. The average Bonchev–Trinajstić information content (AvgIpc) is 2.49. The van der Waals surface area contributed by atoms with Crippen LogP contribution in [-0.4, -0.2) is 22.6 Å². The van der Waals surface area contributed by atoms with Crippen LogP contribution in [0.2, 0.25) is 0 Å². The van der Waals surface area contributed by atoms with Gasteiger partial charge in [-0.1, -0.05) is 18.2 Å². The van der Waals surface area contributed by atoms with Crippen LogP contribution in [0.1, 0.15) is 17.4 Å². The predicted molar refractivity (Wildman–Crippen MR) is 73.6 cm³/mol. The first-order chi connectivity index (χ1) is 9.26. The van der Waals surface area contributed by atoms with E-state index in [1.807, 2.05) is 37.3 Å². The van der Waals surface area contributed by atoms with Gasteiger partial charge in [-0.15, -0.1) is 10.2 Å². The number of carbonyl (C=O) groups is 1. The van der Waals surface area contributed by atoms with Crippen molar-refractivity contribution in [2.24, 2.45) is 5.84 Å². The van der Waals surface area contributed by atoms with Crippen LogP contribution in [0.5, 0.6) is 0 Å². The van der Waals surface area contributed by atoms with E-state index < -0.39 is 0 Å². The Bertz CT molecular complexity index is 541. The number of aromatic nitrogens is 2. The first kappa shape index (κ1) is 13.0. The summed E-state index contributed by atoms with van der Waals surface area (Å²) >= 11 is 0. The number of carbonyl (C=O) groups excluding carboxylic acids is 1. The number of nitrogens with two attached hydrogens (primary N) is 1. The van der Waals surface area contributed by atoms with E-state index in [9.17, 15) is 4.79 Å². The Morgan fingerprint density at radius 2 is 1.95 bits per heavy atom. The quantitative estimate of drug-likeness (QED) is 0.639. The molecule has 2 rings (SSSR count). The Balaban J connectivity index is 2.25. The molecule has 1 heterocycles. The summed E-state index contributed by atoms with van der Waals surface area (Å²) in [5, 5.41) is 7.66. The smallest absolute Gasteiger partial charge is 0.278 e. The van der Waals surface area contributed by atoms with Gasteiger partial charge in [0.1, 0.15) is 0 Å². The van der Waals surface area contributed by atoms with Crippen LogP contribution in [-0.2, 0) is 0 Å². The number of nitrogens with one attached hydrogen (secondary N) is 1. The van der Waals surface area contributed by atoms with Crippen molar-refractivity contribution in [3.05, 3.63) is 48.2 Å². The number of para-hydroxylation sites is 1. The maximum atomic E-state index is 12.3. The van der Waals surface area contributed by atoms with Gasteiger partial charge >= 0.3 is 0 Å². The summed E-state index contributed by atoms with van der Waals surface area (Å²) in [7, 11) is 0. The number of nitrogen functional groups attached to an aromatic ring is 1. The fraction of sp³-hybridized carbons (Fsp3) is 0.154. The van der Waals surface area contributed by atoms with Crippen LogP contribution in [0, 0.1) is 0 Å². The van der Waals surface area contributed by atoms with Crippen LogP contribution in [0.3, 0.4) is 0 Å². The SMILES string of the molecule is CCN(C(=O)c1ccc(NN)nn1)c1ccccc1. The molecule has 1 aromatic carbocycles. The van der Waals surface area contributed by atoms with Crippen LogP contribution < -0.4 is 16.2 Å². The lowest BCUT2D eigenvalue weighted by Crippen LogP contribution is -2.31. The maximum Gasteiger partial charge on any atom is 0.278 e. The second-order valence-electron chi connectivity index (χ2n) is 3.83. The molecule has 0 spiro atoms. The fourth-order valence-corrected chi connectivity index (χ4v) is 1.71. The molecule has 6 heteroatoms. The molecule has 0 unspecified atom stereocenters. The van der Waals surface area contributed by atoms with Gasteiger partial charge in [0.05, 0.1) is 0 Å². The lowest BCUT2D eigenvalue weighted by atomic mass is 10.2. The highest BCUT2D eigenvalue weighted by Gasteiger charge is 2.17. The third-order valence-corrected chi connectivity index (χ3v) is 2.66. The summed E-state index contributed by atoms with van der Waals surface area (Å²) in [5.41, 5.74) is 3.48. The summed E-state index contributed by atoms with van der Waals surface area (Å²) in [6.45, 7) is 2.47. The van der Waals surface area contributed by atoms with Crippen LogP contribution in [0.25, 0.3) is 0 Å². The number of hydrogen-bond acceptors (Lipinski definition) is 5. The minimum atomic E-state index is -0.190. The van der Waals surface area contributed by atoms with Crippen molar-refractivity contribution < 1.29 is 4.79 Å². The molecule has 0 aliphatic carbocycles. The summed E-state index contributed by atoms with van der Waals surface area (Å²) in [5.74, 6) is 5.43. The largest absolute Gasteiger partial charge is 0.307 e. The topological polar surface area (TPSA) is 84.1 Å². The van der Waals surface area contributed by atoms with Gasteiger partial charge in [-0.2, -0.15) is 0 Å². The Hall–Kier alpha value is -2.47. The standard InChI is InChI=1S/C13H15N5O/c1-2-18(10-6-4-3-5-7-10)13(19)11-8-9-12(15-14)17-16-11/h3-9H,2,14H2,1H3,(H,15,17). The maximum absolute atomic E-state index is 12.3. The molecule has 2 aromatic rings. The molecule has 0 saturated carbocycles. The van der Waals surface area contributed by atoms with Gasteiger partial charge in [0, 0.05) is 12.2 Å². The molecule has 0 fully saturated rings. The fourth-order valence-electron chi connectivity index (χ4n) is 1.71. The van der Waals surface area contributed by atoms with Gasteiger partial charge in [-0.25, -0.2) is 5.84 Å². The molecule has 3 N–H and O–H groups in total. The molecule has 0 aliphatic rings. The number of hydrogen-bond donors (Lipinski definition) is 2. The Morgan fingerprint density at radius 3 is 2.47 bits per heavy atom. The molecule has 98 valence electrons. The normalized spacial score (nSPS) is 10.0. The van der Waals surface area contributed by atoms with E-state index >= 15 is 0 Å². The number of rotatable bonds is 4. The van der Waals surface area contributed by atoms with E-state index in [2.05, 4.69) is 15.6 Å². The van der Waals surface area contributed by atoms with Crippen molar-refractivity contribution >= 4 is 17.4 Å². The molecule has 0 atom stereocenters. The van der Waals surface area contributed by atoms with Crippen LogP contribution >= 0.6 is 0 Å². The second kappa shape index (κ2) is 5.92. The summed E-state index contributed by atoms with van der Waals surface area (Å²) < 4.78 is 0. The monoisotopic (exact) mass is 257 g/mol. The molecule has 0 aliphatic heterocycles. The van der Waals surface area contributed by atoms with E-state index in [0.29, 0.717) is 12.4 Å². The Labute approximate surface area is 111 Å². The molecule has 1 aromatic heterocycles. The van der Waals surface area contributed by atoms with Gasteiger partial charge in [-0.3, -0.25) is 4.79 Å². The highest BCUT2D eigenvalue weighted by Crippen LogP contribution is 2.15. The van der Waals surface area contributed by atoms with Crippen molar-refractivity contribution in [3.8, 4) is 0 Å².